The van der Waals surface area contributed by atoms with Gasteiger partial charge < -0.3 is 15.7 Å². The number of anilines is 1. The van der Waals surface area contributed by atoms with E-state index in [4.69, 9.17) is 0 Å². The molecule has 0 radical (unpaired) electrons. The fourth-order valence-corrected chi connectivity index (χ4v) is 1.80. The first-order valence-electron chi connectivity index (χ1n) is 4.52. The number of aromatic hydroxyl groups is 1. The Labute approximate surface area is 77.8 Å². The van der Waals surface area contributed by atoms with E-state index in [1.807, 2.05) is 19.2 Å². The Morgan fingerprint density at radius 3 is 3.23 bits per heavy atom. The summed E-state index contributed by atoms with van der Waals surface area (Å²) >= 11 is 0. The van der Waals surface area contributed by atoms with Crippen LogP contribution >= 0.6 is 0 Å². The van der Waals surface area contributed by atoms with Crippen LogP contribution < -0.4 is 10.6 Å². The molecule has 0 aromatic heterocycles. The largest absolute Gasteiger partial charge is 0.508 e. The van der Waals surface area contributed by atoms with Gasteiger partial charge in [-0.2, -0.15) is 0 Å². The molecule has 0 spiro atoms. The van der Waals surface area contributed by atoms with Gasteiger partial charge in [-0.1, -0.05) is 0 Å². The molecule has 0 aliphatic carbocycles. The zero-order valence-electron chi connectivity index (χ0n) is 7.67. The molecule has 1 aliphatic heterocycles. The van der Waals surface area contributed by atoms with Crippen molar-refractivity contribution in [3.63, 3.8) is 0 Å². The normalized spacial score (nSPS) is 19.6. The third-order valence-electron chi connectivity index (χ3n) is 2.37. The molecule has 3 nitrogen and oxygen atoms in total. The van der Waals surface area contributed by atoms with Gasteiger partial charge in [-0.05, 0) is 37.2 Å². The molecular weight excluding hydrogens is 164 g/mol. The maximum atomic E-state index is 9.27. The second-order valence-electron chi connectivity index (χ2n) is 3.44. The minimum absolute atomic E-state index is 0.352. The Balaban J connectivity index is 2.16. The summed E-state index contributed by atoms with van der Waals surface area (Å²) in [6.07, 6.45) is 0.991. The summed E-state index contributed by atoms with van der Waals surface area (Å²) in [7, 11) is 1.95. The van der Waals surface area contributed by atoms with Gasteiger partial charge in [-0.15, -0.1) is 0 Å². The van der Waals surface area contributed by atoms with E-state index in [1.54, 1.807) is 6.07 Å². The van der Waals surface area contributed by atoms with Crippen LogP contribution in [-0.2, 0) is 6.42 Å². The van der Waals surface area contributed by atoms with E-state index in [-0.39, 0.29) is 0 Å². The van der Waals surface area contributed by atoms with Crippen LogP contribution in [0.15, 0.2) is 18.2 Å². The highest BCUT2D eigenvalue weighted by molar-refractivity contribution is 5.59. The fraction of sp³-hybridized carbons (Fsp3) is 0.400. The molecule has 1 aromatic carbocycles. The van der Waals surface area contributed by atoms with Gasteiger partial charge >= 0.3 is 0 Å². The van der Waals surface area contributed by atoms with Gasteiger partial charge in [-0.3, -0.25) is 0 Å². The Bertz CT molecular complexity index is 312. The van der Waals surface area contributed by atoms with Crippen molar-refractivity contribution in [2.45, 2.75) is 12.5 Å². The molecule has 3 heteroatoms. The van der Waals surface area contributed by atoms with Crippen LogP contribution in [0.5, 0.6) is 5.75 Å². The molecule has 0 saturated carbocycles. The first kappa shape index (κ1) is 8.38. The fourth-order valence-electron chi connectivity index (χ4n) is 1.80. The molecule has 0 bridgehead atoms. The maximum absolute atomic E-state index is 9.27. The lowest BCUT2D eigenvalue weighted by molar-refractivity contribution is 0.475. The van der Waals surface area contributed by atoms with E-state index in [1.165, 1.54) is 5.56 Å². The Hall–Kier alpha value is -1.22. The van der Waals surface area contributed by atoms with Crippen molar-refractivity contribution >= 4 is 5.69 Å². The molecule has 0 fully saturated rings. The highest BCUT2D eigenvalue weighted by Gasteiger charge is 2.19. The SMILES string of the molecule is CNCC1Cc2cc(O)ccc2N1. The van der Waals surface area contributed by atoms with Gasteiger partial charge in [0, 0.05) is 18.3 Å². The van der Waals surface area contributed by atoms with E-state index in [0.717, 1.165) is 18.7 Å². The maximum Gasteiger partial charge on any atom is 0.116 e. The van der Waals surface area contributed by atoms with Crippen LogP contribution in [0.25, 0.3) is 0 Å². The molecule has 2 rings (SSSR count). The van der Waals surface area contributed by atoms with Crippen LogP contribution in [-0.4, -0.2) is 24.7 Å². The lowest BCUT2D eigenvalue weighted by Gasteiger charge is -2.09. The summed E-state index contributed by atoms with van der Waals surface area (Å²) in [5.41, 5.74) is 2.36. The number of likely N-dealkylation sites (N-methyl/N-ethyl adjacent to an activating group) is 1. The molecule has 1 atom stereocenters. The number of phenolic OH excluding ortho intramolecular Hbond substituents is 1. The number of hydrogen-bond donors (Lipinski definition) is 3. The Morgan fingerprint density at radius 2 is 2.46 bits per heavy atom. The summed E-state index contributed by atoms with van der Waals surface area (Å²) < 4.78 is 0. The van der Waals surface area contributed by atoms with Crippen molar-refractivity contribution in [3.05, 3.63) is 23.8 Å². The number of rotatable bonds is 2. The van der Waals surface area contributed by atoms with Crippen LogP contribution in [0.3, 0.4) is 0 Å². The number of benzene rings is 1. The zero-order chi connectivity index (χ0) is 9.26. The number of fused-ring (bicyclic) bond motifs is 1. The van der Waals surface area contributed by atoms with E-state index < -0.39 is 0 Å². The first-order chi connectivity index (χ1) is 6.29. The lowest BCUT2D eigenvalue weighted by Crippen LogP contribution is -2.28. The second-order valence-corrected chi connectivity index (χ2v) is 3.44. The predicted molar refractivity (Wildman–Crippen MR) is 53.1 cm³/mol. The minimum Gasteiger partial charge on any atom is -0.508 e. The molecule has 1 unspecified atom stereocenters. The van der Waals surface area contributed by atoms with Gasteiger partial charge in [0.1, 0.15) is 5.75 Å². The molecule has 0 saturated heterocycles. The number of phenols is 1. The Morgan fingerprint density at radius 1 is 1.62 bits per heavy atom. The summed E-state index contributed by atoms with van der Waals surface area (Å²) in [5.74, 6) is 0.352. The van der Waals surface area contributed by atoms with E-state index in [9.17, 15) is 5.11 Å². The monoisotopic (exact) mass is 178 g/mol. The van der Waals surface area contributed by atoms with Crippen molar-refractivity contribution in [3.8, 4) is 5.75 Å². The van der Waals surface area contributed by atoms with E-state index in [2.05, 4.69) is 10.6 Å². The molecule has 1 aliphatic rings. The second kappa shape index (κ2) is 3.26. The highest BCUT2D eigenvalue weighted by atomic mass is 16.3. The molecule has 1 heterocycles. The van der Waals surface area contributed by atoms with Gasteiger partial charge in [-0.25, -0.2) is 0 Å². The topological polar surface area (TPSA) is 44.3 Å². The van der Waals surface area contributed by atoms with Crippen molar-refractivity contribution in [2.75, 3.05) is 18.9 Å². The number of nitrogens with one attached hydrogen (secondary N) is 2. The average molecular weight is 178 g/mol. The molecule has 1 aromatic rings. The summed E-state index contributed by atoms with van der Waals surface area (Å²) in [6, 6.07) is 5.94. The minimum atomic E-state index is 0.352. The molecule has 13 heavy (non-hydrogen) atoms. The molecule has 3 N–H and O–H groups in total. The Kier molecular flexibility index (Phi) is 2.10. The lowest BCUT2D eigenvalue weighted by atomic mass is 10.1. The van der Waals surface area contributed by atoms with E-state index >= 15 is 0 Å². The summed E-state index contributed by atoms with van der Waals surface area (Å²) in [4.78, 5) is 0. The third-order valence-corrected chi connectivity index (χ3v) is 2.37. The van der Waals surface area contributed by atoms with Gasteiger partial charge in [0.05, 0.1) is 0 Å². The van der Waals surface area contributed by atoms with E-state index in [0.29, 0.717) is 11.8 Å². The zero-order valence-corrected chi connectivity index (χ0v) is 7.67. The van der Waals surface area contributed by atoms with Crippen LogP contribution in [0.2, 0.25) is 0 Å². The smallest absolute Gasteiger partial charge is 0.116 e. The molecular formula is C10H14N2O. The van der Waals surface area contributed by atoms with Crippen LogP contribution in [0.4, 0.5) is 5.69 Å². The van der Waals surface area contributed by atoms with Gasteiger partial charge in [0.25, 0.3) is 0 Å². The summed E-state index contributed by atoms with van der Waals surface area (Å²) in [5, 5.41) is 15.8. The molecule has 0 amide bonds. The van der Waals surface area contributed by atoms with Crippen molar-refractivity contribution in [1.82, 2.24) is 5.32 Å². The molecule has 70 valence electrons. The van der Waals surface area contributed by atoms with Gasteiger partial charge in [0.2, 0.25) is 0 Å². The highest BCUT2D eigenvalue weighted by Crippen LogP contribution is 2.28. The van der Waals surface area contributed by atoms with Crippen molar-refractivity contribution in [2.24, 2.45) is 0 Å². The number of hydrogen-bond acceptors (Lipinski definition) is 3. The van der Waals surface area contributed by atoms with Crippen molar-refractivity contribution < 1.29 is 5.11 Å². The average Bonchev–Trinajstić information content (AvgIpc) is 2.46. The first-order valence-corrected chi connectivity index (χ1v) is 4.52. The van der Waals surface area contributed by atoms with Crippen molar-refractivity contribution in [1.29, 1.82) is 0 Å². The summed E-state index contributed by atoms with van der Waals surface area (Å²) in [6.45, 7) is 0.954. The quantitative estimate of drug-likeness (QED) is 0.591. The van der Waals surface area contributed by atoms with Crippen LogP contribution in [0.1, 0.15) is 5.56 Å². The third kappa shape index (κ3) is 1.60. The predicted octanol–water partition coefficient (Wildman–Crippen LogP) is 0.948. The van der Waals surface area contributed by atoms with Crippen LogP contribution in [0, 0.1) is 0 Å². The standard InChI is InChI=1S/C10H14N2O/c1-11-6-8-4-7-5-9(13)2-3-10(7)12-8/h2-3,5,8,11-13H,4,6H2,1H3. The van der Waals surface area contributed by atoms with Gasteiger partial charge in [0.15, 0.2) is 0 Å².